The zero-order chi connectivity index (χ0) is 15.9. The average Bonchev–Trinajstić information content (AvgIpc) is 2.94. The summed E-state index contributed by atoms with van der Waals surface area (Å²) in [5.41, 5.74) is 0.237. The van der Waals surface area contributed by atoms with Crippen molar-refractivity contribution in [2.24, 2.45) is 0 Å². The fraction of sp³-hybridized carbons (Fsp3) is 0.583. The molecule has 0 radical (unpaired) electrons. The lowest BCUT2D eigenvalue weighted by atomic mass is 10.3. The normalized spacial score (nSPS) is 11.0. The van der Waals surface area contributed by atoms with Gasteiger partial charge in [-0.05, 0) is 13.1 Å². The van der Waals surface area contributed by atoms with Gasteiger partial charge in [0.2, 0.25) is 10.0 Å². The van der Waals surface area contributed by atoms with Crippen LogP contribution in [0.4, 0.5) is 0 Å². The van der Waals surface area contributed by atoms with Gasteiger partial charge in [0, 0.05) is 40.0 Å². The summed E-state index contributed by atoms with van der Waals surface area (Å²) in [7, 11) is 1.31. The van der Waals surface area contributed by atoms with E-state index in [-0.39, 0.29) is 42.1 Å². The fourth-order valence-corrected chi connectivity index (χ4v) is 2.61. The van der Waals surface area contributed by atoms with E-state index >= 15 is 0 Å². The van der Waals surface area contributed by atoms with Crippen LogP contribution in [0.3, 0.4) is 0 Å². The van der Waals surface area contributed by atoms with E-state index in [4.69, 9.17) is 4.74 Å². The van der Waals surface area contributed by atoms with E-state index < -0.39 is 10.0 Å². The molecule has 0 aliphatic heterocycles. The van der Waals surface area contributed by atoms with Crippen LogP contribution in [0.2, 0.25) is 0 Å². The van der Waals surface area contributed by atoms with Crippen molar-refractivity contribution in [3.63, 3.8) is 0 Å². The van der Waals surface area contributed by atoms with Crippen LogP contribution in [0.15, 0.2) is 17.2 Å². The molecule has 0 unspecified atom stereocenters. The summed E-state index contributed by atoms with van der Waals surface area (Å²) in [6.07, 6.45) is 1.30. The number of sulfonamides is 1. The first-order valence-corrected chi connectivity index (χ1v) is 7.97. The number of nitrogens with zero attached hydrogens (tertiary/aromatic N) is 1. The molecule has 22 heavy (non-hydrogen) atoms. The predicted molar refractivity (Wildman–Crippen MR) is 86.0 cm³/mol. The lowest BCUT2D eigenvalue weighted by molar-refractivity contribution is 0.0791. The van der Waals surface area contributed by atoms with Crippen LogP contribution in [-0.4, -0.2) is 71.7 Å². The van der Waals surface area contributed by atoms with Crippen LogP contribution >= 0.6 is 12.4 Å². The second-order valence-electron chi connectivity index (χ2n) is 4.47. The van der Waals surface area contributed by atoms with Gasteiger partial charge in [-0.1, -0.05) is 0 Å². The molecule has 128 valence electrons. The molecule has 0 saturated carbocycles. The molecule has 0 saturated heterocycles. The number of hydrogen-bond donors (Lipinski definition) is 3. The third kappa shape index (κ3) is 5.93. The highest BCUT2D eigenvalue weighted by atomic mass is 35.5. The number of ether oxygens (including phenoxy) is 1. The first-order valence-electron chi connectivity index (χ1n) is 6.49. The SMILES string of the molecule is CNCCN(C)C(=O)c1cc(S(=O)(=O)NCCOC)c[nH]1.Cl. The number of methoxy groups -OCH3 is 1. The molecule has 0 bridgehead atoms. The van der Waals surface area contributed by atoms with E-state index in [1.165, 1.54) is 24.3 Å². The van der Waals surface area contributed by atoms with E-state index in [9.17, 15) is 13.2 Å². The first kappa shape index (κ1) is 20.9. The van der Waals surface area contributed by atoms with Gasteiger partial charge in [-0.25, -0.2) is 13.1 Å². The summed E-state index contributed by atoms with van der Waals surface area (Å²) < 4.78 is 31.1. The maximum atomic E-state index is 12.1. The summed E-state index contributed by atoms with van der Waals surface area (Å²) in [6, 6.07) is 1.33. The number of hydrogen-bond acceptors (Lipinski definition) is 5. The largest absolute Gasteiger partial charge is 0.383 e. The Morgan fingerprint density at radius 1 is 1.41 bits per heavy atom. The Morgan fingerprint density at radius 3 is 2.68 bits per heavy atom. The molecule has 1 heterocycles. The summed E-state index contributed by atoms with van der Waals surface area (Å²) in [4.78, 5) is 16.3. The van der Waals surface area contributed by atoms with Gasteiger partial charge in [-0.15, -0.1) is 12.4 Å². The highest BCUT2D eigenvalue weighted by Gasteiger charge is 2.19. The van der Waals surface area contributed by atoms with Gasteiger partial charge in [0.1, 0.15) is 10.6 Å². The minimum Gasteiger partial charge on any atom is -0.383 e. The lowest BCUT2D eigenvalue weighted by Crippen LogP contribution is -2.33. The van der Waals surface area contributed by atoms with Gasteiger partial charge in [-0.2, -0.15) is 0 Å². The second-order valence-corrected chi connectivity index (χ2v) is 6.24. The number of amides is 1. The number of H-pyrrole nitrogens is 1. The van der Waals surface area contributed by atoms with Gasteiger partial charge in [0.25, 0.3) is 5.91 Å². The molecule has 0 atom stereocenters. The molecular weight excluding hydrogens is 332 g/mol. The van der Waals surface area contributed by atoms with Crippen LogP contribution in [0.1, 0.15) is 10.5 Å². The topological polar surface area (TPSA) is 104 Å². The van der Waals surface area contributed by atoms with E-state index in [1.807, 2.05) is 0 Å². The molecule has 3 N–H and O–H groups in total. The predicted octanol–water partition coefficient (Wildman–Crippen LogP) is -0.347. The van der Waals surface area contributed by atoms with Crippen molar-refractivity contribution in [3.8, 4) is 0 Å². The number of halogens is 1. The number of aromatic nitrogens is 1. The molecular formula is C12H23ClN4O4S. The molecule has 0 aliphatic carbocycles. The molecule has 1 aromatic heterocycles. The number of carbonyl (C=O) groups is 1. The Balaban J connectivity index is 0.00000441. The minimum absolute atomic E-state index is 0. The lowest BCUT2D eigenvalue weighted by Gasteiger charge is -2.15. The Kier molecular flexibility index (Phi) is 9.30. The number of likely N-dealkylation sites (N-methyl/N-ethyl adjacent to an activating group) is 2. The van der Waals surface area contributed by atoms with Crippen molar-refractivity contribution in [2.45, 2.75) is 4.90 Å². The van der Waals surface area contributed by atoms with Gasteiger partial charge >= 0.3 is 0 Å². The maximum Gasteiger partial charge on any atom is 0.270 e. The molecule has 10 heteroatoms. The van der Waals surface area contributed by atoms with Crippen molar-refractivity contribution in [1.29, 1.82) is 0 Å². The summed E-state index contributed by atoms with van der Waals surface area (Å²) in [5, 5.41) is 2.94. The van der Waals surface area contributed by atoms with E-state index in [2.05, 4.69) is 15.0 Å². The van der Waals surface area contributed by atoms with Gasteiger partial charge in [0.15, 0.2) is 0 Å². The third-order valence-corrected chi connectivity index (χ3v) is 4.28. The monoisotopic (exact) mass is 354 g/mol. The van der Waals surface area contributed by atoms with Gasteiger partial charge in [0.05, 0.1) is 6.61 Å². The molecule has 1 rings (SSSR count). The van der Waals surface area contributed by atoms with Crippen LogP contribution < -0.4 is 10.0 Å². The number of rotatable bonds is 9. The van der Waals surface area contributed by atoms with E-state index in [1.54, 1.807) is 14.1 Å². The highest BCUT2D eigenvalue weighted by Crippen LogP contribution is 2.11. The quantitative estimate of drug-likeness (QED) is 0.526. The van der Waals surface area contributed by atoms with Crippen molar-refractivity contribution in [1.82, 2.24) is 19.9 Å². The van der Waals surface area contributed by atoms with E-state index in [0.717, 1.165) is 0 Å². The minimum atomic E-state index is -3.63. The average molecular weight is 355 g/mol. The fourth-order valence-electron chi connectivity index (χ4n) is 1.60. The number of carbonyl (C=O) groups excluding carboxylic acids is 1. The Labute approximate surface area is 137 Å². The van der Waals surface area contributed by atoms with Crippen LogP contribution in [-0.2, 0) is 14.8 Å². The van der Waals surface area contributed by atoms with Crippen molar-refractivity contribution in [3.05, 3.63) is 18.0 Å². The zero-order valence-corrected chi connectivity index (χ0v) is 14.5. The van der Waals surface area contributed by atoms with E-state index in [0.29, 0.717) is 13.1 Å². The third-order valence-electron chi connectivity index (χ3n) is 2.84. The Morgan fingerprint density at radius 2 is 2.09 bits per heavy atom. The van der Waals surface area contributed by atoms with Crippen LogP contribution in [0, 0.1) is 0 Å². The summed E-state index contributed by atoms with van der Waals surface area (Å²) >= 11 is 0. The first-order chi connectivity index (χ1) is 9.92. The smallest absolute Gasteiger partial charge is 0.270 e. The highest BCUT2D eigenvalue weighted by molar-refractivity contribution is 7.89. The Bertz CT molecular complexity index is 561. The Hall–Kier alpha value is -1.13. The van der Waals surface area contributed by atoms with Crippen molar-refractivity contribution in [2.75, 3.05) is 47.4 Å². The molecule has 0 spiro atoms. The molecule has 1 aromatic rings. The van der Waals surface area contributed by atoms with Crippen LogP contribution in [0.5, 0.6) is 0 Å². The maximum absolute atomic E-state index is 12.1. The van der Waals surface area contributed by atoms with Gasteiger partial charge < -0.3 is 19.9 Å². The molecule has 1 amide bonds. The molecule has 8 nitrogen and oxygen atoms in total. The molecule has 0 aliphatic rings. The standard InChI is InChI=1S/C12H22N4O4S.ClH/c1-13-4-6-16(2)12(17)11-8-10(9-14-11)21(18,19)15-5-7-20-3;/h8-9,13-15H,4-7H2,1-3H3;1H. The van der Waals surface area contributed by atoms with Crippen molar-refractivity contribution >= 4 is 28.3 Å². The van der Waals surface area contributed by atoms with Crippen LogP contribution in [0.25, 0.3) is 0 Å². The summed E-state index contributed by atoms with van der Waals surface area (Å²) in [5.74, 6) is -0.261. The van der Waals surface area contributed by atoms with Gasteiger partial charge in [-0.3, -0.25) is 4.79 Å². The van der Waals surface area contributed by atoms with Crippen molar-refractivity contribution < 1.29 is 17.9 Å². The molecule has 0 aromatic carbocycles. The second kappa shape index (κ2) is 9.80. The number of aromatic amines is 1. The molecule has 0 fully saturated rings. The summed E-state index contributed by atoms with van der Waals surface area (Å²) in [6.45, 7) is 1.65. The number of nitrogens with one attached hydrogen (secondary N) is 3. The zero-order valence-electron chi connectivity index (χ0n) is 12.9.